The topological polar surface area (TPSA) is 64.7 Å². The van der Waals surface area contributed by atoms with Gasteiger partial charge in [-0.15, -0.1) is 0 Å². The van der Waals surface area contributed by atoms with Crippen LogP contribution in [0.2, 0.25) is 5.02 Å². The van der Waals surface area contributed by atoms with Gasteiger partial charge in [-0.2, -0.15) is 10.2 Å². The molecule has 2 aromatic heterocycles. The van der Waals surface area contributed by atoms with Gasteiger partial charge >= 0.3 is 0 Å². The van der Waals surface area contributed by atoms with Gasteiger partial charge < -0.3 is 5.32 Å². The van der Waals surface area contributed by atoms with Gasteiger partial charge in [0.15, 0.2) is 0 Å². The molecule has 0 saturated carbocycles. The van der Waals surface area contributed by atoms with Crippen molar-refractivity contribution in [1.29, 1.82) is 0 Å². The van der Waals surface area contributed by atoms with E-state index in [1.165, 1.54) is 0 Å². The minimum absolute atomic E-state index is 0.197. The molecule has 0 aliphatic rings. The number of carbonyl (C=O) groups is 1. The number of nitrogens with zero attached hydrogens (tertiary/aromatic N) is 4. The van der Waals surface area contributed by atoms with Crippen LogP contribution in [0.25, 0.3) is 11.1 Å². The summed E-state index contributed by atoms with van der Waals surface area (Å²) in [5.74, 6) is 0.409. The molecule has 5 rings (SSSR count). The fourth-order valence-electron chi connectivity index (χ4n) is 3.84. The van der Waals surface area contributed by atoms with E-state index in [0.717, 1.165) is 22.3 Å². The molecule has 168 valence electrons. The van der Waals surface area contributed by atoms with E-state index in [4.69, 9.17) is 11.6 Å². The highest BCUT2D eigenvalue weighted by molar-refractivity contribution is 6.31. The third-order valence-corrected chi connectivity index (χ3v) is 5.95. The lowest BCUT2D eigenvalue weighted by atomic mass is 9.98. The second kappa shape index (κ2) is 9.77. The highest BCUT2D eigenvalue weighted by Gasteiger charge is 2.15. The monoisotopic (exact) mass is 467 g/mol. The van der Waals surface area contributed by atoms with Crippen molar-refractivity contribution in [1.82, 2.24) is 19.6 Å². The summed E-state index contributed by atoms with van der Waals surface area (Å²) in [4.78, 5) is 13.3. The molecule has 0 bridgehead atoms. The Morgan fingerprint density at radius 2 is 1.62 bits per heavy atom. The zero-order valence-electron chi connectivity index (χ0n) is 18.3. The number of rotatable bonds is 7. The van der Waals surface area contributed by atoms with Crippen molar-refractivity contribution in [3.8, 4) is 11.1 Å². The van der Waals surface area contributed by atoms with Gasteiger partial charge in [-0.1, -0.05) is 72.3 Å². The number of carbonyl (C=O) groups excluding carboxylic acids is 1. The molecule has 3 aromatic carbocycles. The summed E-state index contributed by atoms with van der Waals surface area (Å²) in [6.07, 6.45) is 5.37. The van der Waals surface area contributed by atoms with Crippen LogP contribution >= 0.6 is 11.6 Å². The molecule has 34 heavy (non-hydrogen) atoms. The fraction of sp³-hybridized carbons (Fsp3) is 0.0741. The van der Waals surface area contributed by atoms with Gasteiger partial charge in [0.2, 0.25) is 0 Å². The van der Waals surface area contributed by atoms with E-state index in [1.54, 1.807) is 23.1 Å². The van der Waals surface area contributed by atoms with Gasteiger partial charge in [0, 0.05) is 29.0 Å². The van der Waals surface area contributed by atoms with Gasteiger partial charge in [-0.25, -0.2) is 4.68 Å². The third kappa shape index (κ3) is 4.77. The number of halogens is 1. The maximum Gasteiger partial charge on any atom is 0.257 e. The van der Waals surface area contributed by atoms with Gasteiger partial charge in [0.25, 0.3) is 5.91 Å². The Bertz CT molecular complexity index is 1410. The summed E-state index contributed by atoms with van der Waals surface area (Å²) >= 11 is 6.30. The Morgan fingerprint density at radius 3 is 2.41 bits per heavy atom. The maximum atomic E-state index is 13.3. The molecular formula is C27H22ClN5O. The predicted octanol–water partition coefficient (Wildman–Crippen LogP) is 5.75. The number of benzene rings is 3. The van der Waals surface area contributed by atoms with Crippen molar-refractivity contribution in [2.75, 3.05) is 5.32 Å². The van der Waals surface area contributed by atoms with E-state index in [-0.39, 0.29) is 5.91 Å². The minimum Gasteiger partial charge on any atom is -0.307 e. The van der Waals surface area contributed by atoms with Crippen LogP contribution in [0.1, 0.15) is 21.5 Å². The van der Waals surface area contributed by atoms with Crippen molar-refractivity contribution >= 4 is 23.3 Å². The number of hydrogen-bond acceptors (Lipinski definition) is 3. The Morgan fingerprint density at radius 1 is 0.824 bits per heavy atom. The highest BCUT2D eigenvalue weighted by atomic mass is 35.5. The average Bonchev–Trinajstić information content (AvgIpc) is 3.53. The van der Waals surface area contributed by atoms with Crippen LogP contribution in [0.4, 0.5) is 5.82 Å². The Balaban J connectivity index is 1.35. The number of nitrogens with one attached hydrogen (secondary N) is 1. The molecule has 0 aliphatic heterocycles. The summed E-state index contributed by atoms with van der Waals surface area (Å²) in [6, 6.07) is 27.1. The first-order valence-corrected chi connectivity index (χ1v) is 11.3. The first kappa shape index (κ1) is 21.7. The largest absolute Gasteiger partial charge is 0.307 e. The molecule has 0 spiro atoms. The molecule has 0 fully saturated rings. The summed E-state index contributed by atoms with van der Waals surface area (Å²) in [5.41, 5.74) is 4.49. The number of amides is 1. The SMILES string of the molecule is O=C(Nc1ccnn1Cc1ccccc1Cl)c1ccccc1-c1ccc(Cn2cccn2)cc1. The molecule has 1 N–H and O–H groups in total. The molecule has 0 radical (unpaired) electrons. The van der Waals surface area contributed by atoms with Crippen LogP contribution in [0, 0.1) is 0 Å². The number of anilines is 1. The van der Waals surface area contributed by atoms with Crippen molar-refractivity contribution in [3.63, 3.8) is 0 Å². The molecule has 6 nitrogen and oxygen atoms in total. The Kier molecular flexibility index (Phi) is 6.23. The van der Waals surface area contributed by atoms with Gasteiger partial charge in [-0.3, -0.25) is 9.48 Å². The summed E-state index contributed by atoms with van der Waals surface area (Å²) in [5, 5.41) is 12.3. The van der Waals surface area contributed by atoms with E-state index < -0.39 is 0 Å². The van der Waals surface area contributed by atoms with Crippen LogP contribution in [0.5, 0.6) is 0 Å². The second-order valence-electron chi connectivity index (χ2n) is 7.87. The zero-order valence-corrected chi connectivity index (χ0v) is 19.1. The molecule has 5 aromatic rings. The Hall–Kier alpha value is -4.16. The quantitative estimate of drug-likeness (QED) is 0.331. The summed E-state index contributed by atoms with van der Waals surface area (Å²) < 4.78 is 3.61. The minimum atomic E-state index is -0.197. The standard InChI is InChI=1S/C27H22ClN5O/c28-25-9-4-1-6-22(25)19-33-26(14-16-30-33)31-27(34)24-8-3-2-7-23(24)21-12-10-20(11-13-21)18-32-17-5-15-29-32/h1-17H,18-19H2,(H,31,34). The zero-order chi connectivity index (χ0) is 23.3. The first-order valence-electron chi connectivity index (χ1n) is 10.9. The first-order chi connectivity index (χ1) is 16.7. The van der Waals surface area contributed by atoms with Gasteiger partial charge in [0.05, 0.1) is 19.3 Å². The molecule has 1 amide bonds. The number of hydrogen-bond donors (Lipinski definition) is 1. The predicted molar refractivity (Wildman–Crippen MR) is 134 cm³/mol. The fourth-order valence-corrected chi connectivity index (χ4v) is 4.04. The second-order valence-corrected chi connectivity index (χ2v) is 8.27. The average molecular weight is 468 g/mol. The lowest BCUT2D eigenvalue weighted by Gasteiger charge is -2.13. The number of aromatic nitrogens is 4. The van der Waals surface area contributed by atoms with Gasteiger partial charge in [0.1, 0.15) is 5.82 Å². The van der Waals surface area contributed by atoms with E-state index in [1.807, 2.05) is 77.6 Å². The van der Waals surface area contributed by atoms with Crippen LogP contribution in [-0.2, 0) is 13.1 Å². The summed E-state index contributed by atoms with van der Waals surface area (Å²) in [6.45, 7) is 1.16. The van der Waals surface area contributed by atoms with Crippen LogP contribution < -0.4 is 5.32 Å². The summed E-state index contributed by atoms with van der Waals surface area (Å²) in [7, 11) is 0. The molecule has 7 heteroatoms. The smallest absolute Gasteiger partial charge is 0.257 e. The lowest BCUT2D eigenvalue weighted by molar-refractivity contribution is 0.102. The van der Waals surface area contributed by atoms with Crippen molar-refractivity contribution in [2.24, 2.45) is 0 Å². The van der Waals surface area contributed by atoms with Crippen LogP contribution in [-0.4, -0.2) is 25.5 Å². The maximum absolute atomic E-state index is 13.3. The molecule has 2 heterocycles. The van der Waals surface area contributed by atoms with Crippen LogP contribution in [0.3, 0.4) is 0 Å². The van der Waals surface area contributed by atoms with E-state index >= 15 is 0 Å². The van der Waals surface area contributed by atoms with E-state index in [2.05, 4.69) is 27.6 Å². The van der Waals surface area contributed by atoms with Crippen molar-refractivity contribution in [2.45, 2.75) is 13.1 Å². The lowest BCUT2D eigenvalue weighted by Crippen LogP contribution is -2.17. The molecule has 0 saturated heterocycles. The molecular weight excluding hydrogens is 446 g/mol. The molecule has 0 atom stereocenters. The third-order valence-electron chi connectivity index (χ3n) is 5.58. The van der Waals surface area contributed by atoms with E-state index in [0.29, 0.717) is 29.5 Å². The molecule has 0 unspecified atom stereocenters. The van der Waals surface area contributed by atoms with Crippen LogP contribution in [0.15, 0.2) is 104 Å². The normalized spacial score (nSPS) is 10.9. The Labute approximate surface area is 202 Å². The molecule has 0 aliphatic carbocycles. The van der Waals surface area contributed by atoms with E-state index in [9.17, 15) is 4.79 Å². The highest BCUT2D eigenvalue weighted by Crippen LogP contribution is 2.26. The van der Waals surface area contributed by atoms with Gasteiger partial charge in [-0.05, 0) is 40.5 Å². The van der Waals surface area contributed by atoms with Crippen molar-refractivity contribution in [3.05, 3.63) is 125 Å². The van der Waals surface area contributed by atoms with Crippen molar-refractivity contribution < 1.29 is 4.79 Å².